The summed E-state index contributed by atoms with van der Waals surface area (Å²) >= 11 is 6.47. The molecule has 0 radical (unpaired) electrons. The van der Waals surface area contributed by atoms with E-state index in [0.717, 1.165) is 12.8 Å². The van der Waals surface area contributed by atoms with Crippen molar-refractivity contribution in [2.24, 2.45) is 0 Å². The lowest BCUT2D eigenvalue weighted by Crippen LogP contribution is -2.67. The van der Waals surface area contributed by atoms with Gasteiger partial charge in [0, 0.05) is 6.04 Å². The molecule has 1 aliphatic carbocycles. The predicted molar refractivity (Wildman–Crippen MR) is 178 cm³/mol. The van der Waals surface area contributed by atoms with Crippen LogP contribution >= 0.6 is 11.6 Å². The van der Waals surface area contributed by atoms with E-state index in [-0.39, 0.29) is 16.4 Å². The van der Waals surface area contributed by atoms with Gasteiger partial charge in [0.25, 0.3) is 8.32 Å². The Morgan fingerprint density at radius 3 is 2.20 bits per heavy atom. The lowest BCUT2D eigenvalue weighted by Gasteiger charge is -2.43. The quantitative estimate of drug-likeness (QED) is 0.189. The van der Waals surface area contributed by atoms with Gasteiger partial charge in [-0.2, -0.15) is 9.97 Å². The number of anilines is 1. The van der Waals surface area contributed by atoms with Crippen molar-refractivity contribution in [1.82, 2.24) is 19.5 Å². The lowest BCUT2D eigenvalue weighted by atomic mass is 10.1. The van der Waals surface area contributed by atoms with Gasteiger partial charge in [-0.25, -0.2) is 4.98 Å². The third-order valence-corrected chi connectivity index (χ3v) is 14.5. The van der Waals surface area contributed by atoms with Crippen LogP contribution in [-0.2, 0) is 18.6 Å². The van der Waals surface area contributed by atoms with Crippen LogP contribution in [0.25, 0.3) is 11.2 Å². The van der Waals surface area contributed by atoms with E-state index in [0.29, 0.717) is 29.6 Å². The molecule has 2 aromatic carbocycles. The van der Waals surface area contributed by atoms with Crippen molar-refractivity contribution in [3.63, 3.8) is 0 Å². The fourth-order valence-corrected chi connectivity index (χ4v) is 12.2. The highest BCUT2D eigenvalue weighted by Crippen LogP contribution is 2.45. The molecule has 0 amide bonds. The first-order chi connectivity index (χ1) is 21.6. The Bertz CT molecular complexity index is 1600. The molecule has 238 valence electrons. The summed E-state index contributed by atoms with van der Waals surface area (Å²) < 4.78 is 29.0. The van der Waals surface area contributed by atoms with Crippen LogP contribution in [0.4, 0.5) is 5.82 Å². The minimum absolute atomic E-state index is 0.162. The van der Waals surface area contributed by atoms with Gasteiger partial charge in [0.2, 0.25) is 5.28 Å². The fourth-order valence-electron chi connectivity index (χ4n) is 7.43. The number of fused-ring (bicyclic) bond motifs is 2. The zero-order chi connectivity index (χ0) is 31.4. The molecule has 2 aliphatic heterocycles. The van der Waals surface area contributed by atoms with Gasteiger partial charge in [0.15, 0.2) is 29.0 Å². The minimum atomic E-state index is -2.80. The molecule has 4 heterocycles. The van der Waals surface area contributed by atoms with Crippen molar-refractivity contribution in [3.8, 4) is 0 Å². The standard InChI is InChI=1S/C34H42ClN5O4Si/c1-33(2,3)45(23-16-8-6-9-17-23,24-18-10-7-11-19-24)41-20-25-27-28(44-34(4,5)43-27)31(42-25)40-21-36-26-29(37-22-14-12-13-15-22)38-32(35)39-30(26)40/h6-11,16-19,21-22,25,27-28,31H,12-15,20H2,1-5H3,(H,37,38,39)/t25?,27-,28-,31-/m1/s1. The molecule has 2 saturated heterocycles. The molecule has 0 spiro atoms. The van der Waals surface area contributed by atoms with E-state index in [9.17, 15) is 0 Å². The maximum absolute atomic E-state index is 7.29. The monoisotopic (exact) mass is 647 g/mol. The van der Waals surface area contributed by atoms with Crippen molar-refractivity contribution in [2.75, 3.05) is 11.9 Å². The first kappa shape index (κ1) is 30.8. The summed E-state index contributed by atoms with van der Waals surface area (Å²) in [7, 11) is -2.80. The smallest absolute Gasteiger partial charge is 0.261 e. The van der Waals surface area contributed by atoms with Gasteiger partial charge in [-0.3, -0.25) is 4.57 Å². The molecular weight excluding hydrogens is 606 g/mol. The topological polar surface area (TPSA) is 92.5 Å². The highest BCUT2D eigenvalue weighted by Gasteiger charge is 2.58. The summed E-state index contributed by atoms with van der Waals surface area (Å²) in [6, 6.07) is 21.6. The van der Waals surface area contributed by atoms with Crippen molar-refractivity contribution in [2.45, 2.75) is 102 Å². The Hall–Kier alpha value is -2.86. The fraction of sp³-hybridized carbons (Fsp3) is 0.500. The molecule has 9 nitrogen and oxygen atoms in total. The third-order valence-electron chi connectivity index (χ3n) is 9.37. The largest absolute Gasteiger partial charge is 0.405 e. The molecule has 1 saturated carbocycles. The van der Waals surface area contributed by atoms with Crippen molar-refractivity contribution in [3.05, 3.63) is 72.3 Å². The molecular formula is C34H42ClN5O4Si. The second kappa shape index (κ2) is 11.7. The van der Waals surface area contributed by atoms with Gasteiger partial charge in [-0.15, -0.1) is 0 Å². The first-order valence-corrected chi connectivity index (χ1v) is 18.3. The zero-order valence-corrected chi connectivity index (χ0v) is 28.3. The van der Waals surface area contributed by atoms with Gasteiger partial charge >= 0.3 is 0 Å². The van der Waals surface area contributed by atoms with Crippen LogP contribution in [0.2, 0.25) is 10.3 Å². The molecule has 45 heavy (non-hydrogen) atoms. The molecule has 3 fully saturated rings. The molecule has 2 aromatic heterocycles. The number of hydrogen-bond acceptors (Lipinski definition) is 8. The van der Waals surface area contributed by atoms with Crippen LogP contribution in [-0.4, -0.2) is 64.6 Å². The third kappa shape index (κ3) is 5.59. The van der Waals surface area contributed by atoms with Crippen LogP contribution in [0.3, 0.4) is 0 Å². The van der Waals surface area contributed by atoms with E-state index < -0.39 is 32.5 Å². The number of halogens is 1. The van der Waals surface area contributed by atoms with E-state index in [2.05, 4.69) is 96.7 Å². The van der Waals surface area contributed by atoms with Gasteiger partial charge < -0.3 is 24.0 Å². The van der Waals surface area contributed by atoms with E-state index >= 15 is 0 Å². The molecule has 0 bridgehead atoms. The van der Waals surface area contributed by atoms with Crippen LogP contribution in [0.15, 0.2) is 67.0 Å². The first-order valence-electron chi connectivity index (χ1n) is 16.0. The van der Waals surface area contributed by atoms with Crippen LogP contribution in [0.1, 0.15) is 66.5 Å². The van der Waals surface area contributed by atoms with Gasteiger partial charge in [-0.1, -0.05) is 94.3 Å². The highest BCUT2D eigenvalue weighted by atomic mass is 35.5. The highest BCUT2D eigenvalue weighted by molar-refractivity contribution is 6.99. The Labute approximate surface area is 270 Å². The van der Waals surface area contributed by atoms with Crippen molar-refractivity contribution < 1.29 is 18.6 Å². The maximum atomic E-state index is 7.29. The summed E-state index contributed by atoms with van der Waals surface area (Å²) in [4.78, 5) is 13.8. The number of aromatic nitrogens is 4. The number of imidazole rings is 1. The summed E-state index contributed by atoms with van der Waals surface area (Å²) in [5, 5.41) is 5.98. The number of ether oxygens (including phenoxy) is 3. The SMILES string of the molecule is CC1(C)O[C@@H]2[C@H](O1)C(CO[Si](c1ccccc1)(c1ccccc1)C(C)(C)C)O[C@H]2n1cnc2c(NC3CCCC3)nc(Cl)nc21. The summed E-state index contributed by atoms with van der Waals surface area (Å²) in [6.07, 6.45) is 4.68. The molecule has 4 aromatic rings. The molecule has 11 heteroatoms. The maximum Gasteiger partial charge on any atom is 0.261 e. The Balaban J connectivity index is 1.23. The Morgan fingerprint density at radius 1 is 0.956 bits per heavy atom. The van der Waals surface area contributed by atoms with Gasteiger partial charge in [0.1, 0.15) is 18.3 Å². The van der Waals surface area contributed by atoms with Crippen LogP contribution in [0.5, 0.6) is 0 Å². The van der Waals surface area contributed by atoms with Gasteiger partial charge in [0.05, 0.1) is 12.9 Å². The van der Waals surface area contributed by atoms with Gasteiger partial charge in [-0.05, 0) is 53.7 Å². The van der Waals surface area contributed by atoms with Crippen LogP contribution in [0, 0.1) is 0 Å². The molecule has 3 aliphatic rings. The number of hydrogen-bond donors (Lipinski definition) is 1. The van der Waals surface area contributed by atoms with Crippen molar-refractivity contribution >= 4 is 47.3 Å². The van der Waals surface area contributed by atoms with E-state index in [1.807, 2.05) is 18.4 Å². The number of nitrogens with one attached hydrogen (secondary N) is 1. The summed E-state index contributed by atoms with van der Waals surface area (Å²) in [6.45, 7) is 11.0. The zero-order valence-electron chi connectivity index (χ0n) is 26.6. The molecule has 4 atom stereocenters. The second-order valence-corrected chi connectivity index (χ2v) is 18.5. The minimum Gasteiger partial charge on any atom is -0.405 e. The molecule has 1 N–H and O–H groups in total. The molecule has 1 unspecified atom stereocenters. The van der Waals surface area contributed by atoms with E-state index in [4.69, 9.17) is 35.2 Å². The lowest BCUT2D eigenvalue weighted by molar-refractivity contribution is -0.199. The number of benzene rings is 2. The Morgan fingerprint density at radius 2 is 1.58 bits per heavy atom. The van der Waals surface area contributed by atoms with E-state index in [1.165, 1.54) is 23.2 Å². The molecule has 7 rings (SSSR count). The normalized spacial score (nSPS) is 25.2. The summed E-state index contributed by atoms with van der Waals surface area (Å²) in [5.41, 5.74) is 1.26. The number of nitrogens with zero attached hydrogens (tertiary/aromatic N) is 4. The summed E-state index contributed by atoms with van der Waals surface area (Å²) in [5.74, 6) is -0.133. The number of rotatable bonds is 8. The Kier molecular flexibility index (Phi) is 8.03. The van der Waals surface area contributed by atoms with E-state index in [1.54, 1.807) is 6.33 Å². The van der Waals surface area contributed by atoms with Crippen LogP contribution < -0.4 is 15.7 Å². The average molecular weight is 648 g/mol. The van der Waals surface area contributed by atoms with Crippen molar-refractivity contribution in [1.29, 1.82) is 0 Å². The predicted octanol–water partition coefficient (Wildman–Crippen LogP) is 5.83. The second-order valence-electron chi connectivity index (χ2n) is 13.9. The average Bonchev–Trinajstić information content (AvgIpc) is 3.79.